The van der Waals surface area contributed by atoms with E-state index in [2.05, 4.69) is 26.2 Å². The molecule has 7 heteroatoms. The Kier molecular flexibility index (Phi) is 4.64. The van der Waals surface area contributed by atoms with E-state index < -0.39 is 11.7 Å². The Bertz CT molecular complexity index is 689. The quantitative estimate of drug-likeness (QED) is 0.826. The van der Waals surface area contributed by atoms with E-state index in [9.17, 15) is 14.0 Å². The molecule has 2 rings (SSSR count). The van der Waals surface area contributed by atoms with Crippen LogP contribution in [-0.2, 0) is 0 Å². The Morgan fingerprint density at radius 3 is 2.62 bits per heavy atom. The minimum atomic E-state index is -0.503. The molecule has 0 radical (unpaired) electrons. The van der Waals surface area contributed by atoms with Gasteiger partial charge in [-0.1, -0.05) is 0 Å². The van der Waals surface area contributed by atoms with Gasteiger partial charge in [0, 0.05) is 16.2 Å². The van der Waals surface area contributed by atoms with Crippen LogP contribution in [0.5, 0.6) is 0 Å². The maximum atomic E-state index is 12.8. The summed E-state index contributed by atoms with van der Waals surface area (Å²) in [5, 5.41) is 2.46. The van der Waals surface area contributed by atoms with E-state index in [1.807, 2.05) is 0 Å². The topological polar surface area (TPSA) is 85.1 Å². The number of nitrogens with zero attached hydrogens (tertiary/aromatic N) is 1. The van der Waals surface area contributed by atoms with Crippen LogP contribution in [0, 0.1) is 5.82 Å². The number of aromatic nitrogens is 1. The molecular weight excluding hydrogens is 341 g/mol. The zero-order chi connectivity index (χ0) is 15.4. The lowest BCUT2D eigenvalue weighted by Crippen LogP contribution is -2.30. The minimum absolute atomic E-state index is 0.0740. The molecule has 0 bridgehead atoms. The number of nitrogens with two attached hydrogens (primary N) is 1. The summed E-state index contributed by atoms with van der Waals surface area (Å²) in [5.74, 6) is -1.19. The first kappa shape index (κ1) is 15.1. The normalized spacial score (nSPS) is 10.2. The average molecular weight is 352 g/mol. The Balaban J connectivity index is 2.02. The molecule has 108 valence electrons. The third kappa shape index (κ3) is 3.85. The summed E-state index contributed by atoms with van der Waals surface area (Å²) >= 11 is 3.19. The molecule has 0 fully saturated rings. The van der Waals surface area contributed by atoms with E-state index in [0.717, 1.165) is 0 Å². The molecular formula is C14H11BrFN3O2. The second-order valence-corrected chi connectivity index (χ2v) is 5.11. The van der Waals surface area contributed by atoms with Gasteiger partial charge in [-0.2, -0.15) is 0 Å². The second-order valence-electron chi connectivity index (χ2n) is 4.20. The zero-order valence-corrected chi connectivity index (χ0v) is 12.4. The Hall–Kier alpha value is -2.28. The van der Waals surface area contributed by atoms with Crippen LogP contribution < -0.4 is 11.1 Å². The van der Waals surface area contributed by atoms with Gasteiger partial charge in [0.05, 0.1) is 12.1 Å². The van der Waals surface area contributed by atoms with Crippen LogP contribution in [-0.4, -0.2) is 23.2 Å². The monoisotopic (exact) mass is 351 g/mol. The lowest BCUT2D eigenvalue weighted by Gasteiger charge is -2.07. The highest BCUT2D eigenvalue weighted by Gasteiger charge is 2.13. The zero-order valence-electron chi connectivity index (χ0n) is 10.8. The summed E-state index contributed by atoms with van der Waals surface area (Å²) < 4.78 is 13.4. The highest BCUT2D eigenvalue weighted by molar-refractivity contribution is 9.10. The number of Topliss-reactive ketones (excluding diaryl/α,β-unsaturated/α-hetero) is 1. The molecule has 0 atom stereocenters. The van der Waals surface area contributed by atoms with Gasteiger partial charge >= 0.3 is 0 Å². The molecule has 0 aliphatic carbocycles. The Labute approximate surface area is 128 Å². The number of anilines is 1. The molecule has 0 saturated carbocycles. The SMILES string of the molecule is Nc1ncc(Br)cc1C(=O)NCC(=O)c1ccc(F)cc1. The molecule has 1 aromatic carbocycles. The molecule has 0 saturated heterocycles. The number of hydrogen-bond acceptors (Lipinski definition) is 4. The molecule has 5 nitrogen and oxygen atoms in total. The van der Waals surface area contributed by atoms with Crippen LogP contribution in [0.4, 0.5) is 10.2 Å². The predicted molar refractivity (Wildman–Crippen MR) is 79.4 cm³/mol. The number of pyridine rings is 1. The summed E-state index contributed by atoms with van der Waals surface area (Å²) in [5.41, 5.74) is 6.10. The van der Waals surface area contributed by atoms with Crippen molar-refractivity contribution < 1.29 is 14.0 Å². The molecule has 0 spiro atoms. The van der Waals surface area contributed by atoms with Crippen molar-refractivity contribution in [1.29, 1.82) is 0 Å². The molecule has 0 unspecified atom stereocenters. The van der Waals surface area contributed by atoms with Gasteiger partial charge in [-0.3, -0.25) is 9.59 Å². The van der Waals surface area contributed by atoms with Crippen LogP contribution in [0.2, 0.25) is 0 Å². The van der Waals surface area contributed by atoms with Crippen LogP contribution in [0.3, 0.4) is 0 Å². The number of rotatable bonds is 4. The standard InChI is InChI=1S/C14H11BrFN3O2/c15-9-5-11(13(17)18-6-9)14(21)19-7-12(20)8-1-3-10(16)4-2-8/h1-6H,7H2,(H2,17,18)(H,19,21). The van der Waals surface area contributed by atoms with Gasteiger partial charge in [-0.25, -0.2) is 9.37 Å². The van der Waals surface area contributed by atoms with Gasteiger partial charge < -0.3 is 11.1 Å². The molecule has 1 aromatic heterocycles. The number of hydrogen-bond donors (Lipinski definition) is 2. The third-order valence-corrected chi connectivity index (χ3v) is 3.14. The summed E-state index contributed by atoms with van der Waals surface area (Å²) in [7, 11) is 0. The molecule has 0 aliphatic rings. The number of benzene rings is 1. The number of halogens is 2. The molecule has 3 N–H and O–H groups in total. The van der Waals surface area contributed by atoms with Crippen molar-refractivity contribution in [3.8, 4) is 0 Å². The lowest BCUT2D eigenvalue weighted by molar-refractivity contribution is 0.0904. The fraction of sp³-hybridized carbons (Fsp3) is 0.0714. The van der Waals surface area contributed by atoms with Gasteiger partial charge in [0.15, 0.2) is 5.78 Å². The van der Waals surface area contributed by atoms with Crippen molar-refractivity contribution in [1.82, 2.24) is 10.3 Å². The van der Waals surface area contributed by atoms with Crippen molar-refractivity contribution in [3.63, 3.8) is 0 Å². The van der Waals surface area contributed by atoms with E-state index >= 15 is 0 Å². The molecule has 1 heterocycles. The number of nitrogens with one attached hydrogen (secondary N) is 1. The maximum absolute atomic E-state index is 12.8. The van der Waals surface area contributed by atoms with E-state index in [1.165, 1.54) is 36.5 Å². The number of ketones is 1. The first-order valence-electron chi connectivity index (χ1n) is 5.95. The second kappa shape index (κ2) is 6.45. The van der Waals surface area contributed by atoms with Gasteiger partial charge in [-0.05, 0) is 46.3 Å². The van der Waals surface area contributed by atoms with Crippen LogP contribution in [0.15, 0.2) is 41.0 Å². The van der Waals surface area contributed by atoms with Gasteiger partial charge in [0.1, 0.15) is 11.6 Å². The van der Waals surface area contributed by atoms with Crippen molar-refractivity contribution in [2.45, 2.75) is 0 Å². The fourth-order valence-electron chi connectivity index (χ4n) is 1.63. The first-order chi connectivity index (χ1) is 9.97. The number of amides is 1. The summed E-state index contributed by atoms with van der Waals surface area (Å²) in [6.07, 6.45) is 1.47. The van der Waals surface area contributed by atoms with E-state index in [1.54, 1.807) is 0 Å². The van der Waals surface area contributed by atoms with Gasteiger partial charge in [0.2, 0.25) is 0 Å². The molecule has 21 heavy (non-hydrogen) atoms. The Morgan fingerprint density at radius 2 is 1.95 bits per heavy atom. The highest BCUT2D eigenvalue weighted by atomic mass is 79.9. The smallest absolute Gasteiger partial charge is 0.255 e. The third-order valence-electron chi connectivity index (χ3n) is 2.71. The highest BCUT2D eigenvalue weighted by Crippen LogP contribution is 2.15. The molecule has 1 amide bonds. The van der Waals surface area contributed by atoms with Crippen molar-refractivity contribution in [2.75, 3.05) is 12.3 Å². The number of carbonyl (C=O) groups is 2. The average Bonchev–Trinajstić information content (AvgIpc) is 2.47. The van der Waals surface area contributed by atoms with Crippen molar-refractivity contribution in [3.05, 3.63) is 57.9 Å². The predicted octanol–water partition coefficient (Wildman–Crippen LogP) is 2.18. The first-order valence-corrected chi connectivity index (χ1v) is 6.74. The van der Waals surface area contributed by atoms with Crippen molar-refractivity contribution >= 4 is 33.4 Å². The van der Waals surface area contributed by atoms with Crippen LogP contribution in [0.25, 0.3) is 0 Å². The van der Waals surface area contributed by atoms with Gasteiger partial charge in [0.25, 0.3) is 5.91 Å². The van der Waals surface area contributed by atoms with Gasteiger partial charge in [-0.15, -0.1) is 0 Å². The van der Waals surface area contributed by atoms with E-state index in [-0.39, 0.29) is 23.7 Å². The molecule has 2 aromatic rings. The number of nitrogen functional groups attached to an aromatic ring is 1. The maximum Gasteiger partial charge on any atom is 0.255 e. The van der Waals surface area contributed by atoms with E-state index in [4.69, 9.17) is 5.73 Å². The summed E-state index contributed by atoms with van der Waals surface area (Å²) in [6, 6.07) is 6.61. The Morgan fingerprint density at radius 1 is 1.29 bits per heavy atom. The number of carbonyl (C=O) groups excluding carboxylic acids is 2. The largest absolute Gasteiger partial charge is 0.383 e. The lowest BCUT2D eigenvalue weighted by atomic mass is 10.1. The fourth-order valence-corrected chi connectivity index (χ4v) is 1.96. The minimum Gasteiger partial charge on any atom is -0.383 e. The summed E-state index contributed by atoms with van der Waals surface area (Å²) in [6.45, 7) is -0.212. The van der Waals surface area contributed by atoms with Crippen LogP contribution >= 0.6 is 15.9 Å². The van der Waals surface area contributed by atoms with Crippen LogP contribution in [0.1, 0.15) is 20.7 Å². The molecule has 0 aliphatic heterocycles. The summed E-state index contributed by atoms with van der Waals surface area (Å²) in [4.78, 5) is 27.6. The van der Waals surface area contributed by atoms with E-state index in [0.29, 0.717) is 10.0 Å². The van der Waals surface area contributed by atoms with Crippen molar-refractivity contribution in [2.24, 2.45) is 0 Å².